The van der Waals surface area contributed by atoms with Gasteiger partial charge in [-0.1, -0.05) is 0 Å². The Bertz CT molecular complexity index is 925. The number of hydrogen-bond acceptors (Lipinski definition) is 5. The van der Waals surface area contributed by atoms with Crippen LogP contribution in [0.15, 0.2) is 30.0 Å². The van der Waals surface area contributed by atoms with Gasteiger partial charge in [-0.15, -0.1) is 0 Å². The maximum Gasteiger partial charge on any atom is 0.224 e. The second-order valence-electron chi connectivity index (χ2n) is 8.92. The fourth-order valence-electron chi connectivity index (χ4n) is 6.25. The largest absolute Gasteiger partial charge is 0.497 e. The van der Waals surface area contributed by atoms with Gasteiger partial charge in [-0.3, -0.25) is 9.59 Å². The van der Waals surface area contributed by atoms with Crippen LogP contribution in [0.4, 0.5) is 5.69 Å². The van der Waals surface area contributed by atoms with Gasteiger partial charge in [0.1, 0.15) is 11.5 Å². The summed E-state index contributed by atoms with van der Waals surface area (Å²) in [6.45, 7) is 4.99. The molecule has 29 heavy (non-hydrogen) atoms. The van der Waals surface area contributed by atoms with Gasteiger partial charge in [-0.25, -0.2) is 0 Å². The van der Waals surface area contributed by atoms with E-state index in [-0.39, 0.29) is 35.7 Å². The first-order valence-electron chi connectivity index (χ1n) is 10.4. The van der Waals surface area contributed by atoms with Gasteiger partial charge in [0.2, 0.25) is 5.91 Å². The summed E-state index contributed by atoms with van der Waals surface area (Å²) in [5.41, 5.74) is 2.27. The van der Waals surface area contributed by atoms with E-state index in [1.54, 1.807) is 14.0 Å². The molecule has 4 aliphatic rings. The third kappa shape index (κ3) is 2.38. The molecule has 5 rings (SSSR count). The average molecular weight is 396 g/mol. The lowest BCUT2D eigenvalue weighted by molar-refractivity contribution is -0.134. The van der Waals surface area contributed by atoms with Gasteiger partial charge < -0.3 is 19.3 Å². The van der Waals surface area contributed by atoms with Crippen LogP contribution in [0.3, 0.4) is 0 Å². The number of nitrogens with zero attached hydrogens (tertiary/aromatic N) is 2. The molecule has 6 heteroatoms. The van der Waals surface area contributed by atoms with Gasteiger partial charge in [0.15, 0.2) is 0 Å². The quantitative estimate of drug-likeness (QED) is 0.730. The van der Waals surface area contributed by atoms with Crippen molar-refractivity contribution in [2.45, 2.75) is 44.2 Å². The molecule has 2 fully saturated rings. The Hall–Kier alpha value is -2.34. The van der Waals surface area contributed by atoms with Gasteiger partial charge in [0.05, 0.1) is 31.3 Å². The number of fused-ring (bicyclic) bond motifs is 1. The second kappa shape index (κ2) is 6.33. The first-order valence-corrected chi connectivity index (χ1v) is 10.4. The Kier molecular flexibility index (Phi) is 4.07. The smallest absolute Gasteiger partial charge is 0.224 e. The van der Waals surface area contributed by atoms with Gasteiger partial charge >= 0.3 is 0 Å². The first kappa shape index (κ1) is 18.7. The van der Waals surface area contributed by atoms with Crippen molar-refractivity contribution in [3.05, 3.63) is 35.5 Å². The Morgan fingerprint density at radius 3 is 2.86 bits per heavy atom. The van der Waals surface area contributed by atoms with E-state index >= 15 is 0 Å². The fourth-order valence-corrected chi connectivity index (χ4v) is 6.25. The van der Waals surface area contributed by atoms with Crippen molar-refractivity contribution in [1.82, 2.24) is 4.90 Å². The third-order valence-electron chi connectivity index (χ3n) is 7.56. The summed E-state index contributed by atoms with van der Waals surface area (Å²) in [4.78, 5) is 30.8. The van der Waals surface area contributed by atoms with Crippen molar-refractivity contribution < 1.29 is 19.1 Å². The maximum atomic E-state index is 13.9. The van der Waals surface area contributed by atoms with E-state index in [0.717, 1.165) is 23.5 Å². The number of amides is 1. The first-order chi connectivity index (χ1) is 13.9. The molecule has 3 aliphatic heterocycles. The molecular formula is C23H28N2O4. The monoisotopic (exact) mass is 396 g/mol. The molecule has 0 N–H and O–H groups in total. The molecule has 0 aromatic heterocycles. The van der Waals surface area contributed by atoms with Gasteiger partial charge in [0, 0.05) is 44.7 Å². The number of carbonyl (C=O) groups is 2. The zero-order valence-corrected chi connectivity index (χ0v) is 17.5. The van der Waals surface area contributed by atoms with Gasteiger partial charge in [-0.2, -0.15) is 0 Å². The average Bonchev–Trinajstić information content (AvgIpc) is 3.02. The molecular weight excluding hydrogens is 368 g/mol. The van der Waals surface area contributed by atoms with E-state index < -0.39 is 5.41 Å². The fraction of sp³-hybridized carbons (Fsp3) is 0.565. The van der Waals surface area contributed by atoms with Crippen LogP contribution in [0.5, 0.6) is 5.75 Å². The maximum absolute atomic E-state index is 13.9. The highest BCUT2D eigenvalue weighted by Gasteiger charge is 2.64. The zero-order valence-electron chi connectivity index (χ0n) is 17.5. The topological polar surface area (TPSA) is 59.1 Å². The predicted octanol–water partition coefficient (Wildman–Crippen LogP) is 2.51. The molecule has 1 saturated carbocycles. The van der Waals surface area contributed by atoms with E-state index in [0.29, 0.717) is 19.4 Å². The molecule has 1 aliphatic carbocycles. The molecule has 5 atom stereocenters. The molecule has 1 saturated heterocycles. The molecule has 0 spiro atoms. The van der Waals surface area contributed by atoms with Crippen molar-refractivity contribution >= 4 is 17.4 Å². The zero-order chi connectivity index (χ0) is 20.5. The Balaban J connectivity index is 1.78. The number of methoxy groups -OCH3 is 1. The van der Waals surface area contributed by atoms with Crippen molar-refractivity contribution in [1.29, 1.82) is 0 Å². The lowest BCUT2D eigenvalue weighted by atomic mass is 9.56. The molecule has 3 heterocycles. The van der Waals surface area contributed by atoms with Gasteiger partial charge in [0.25, 0.3) is 0 Å². The second-order valence-corrected chi connectivity index (χ2v) is 8.92. The molecule has 1 aromatic rings. The molecule has 154 valence electrons. The van der Waals surface area contributed by atoms with E-state index in [9.17, 15) is 9.59 Å². The number of benzene rings is 1. The summed E-state index contributed by atoms with van der Waals surface area (Å²) in [5, 5.41) is 0. The SMILES string of the molecule is COc1ccc2c(c1)[C@@]13CCN(C)C=C4[C@@H](C)OC[C@@H]([C@@H]1N2C(C)=O)[C@H]4CC3=O. The van der Waals surface area contributed by atoms with Gasteiger partial charge in [-0.05, 0) is 48.6 Å². The number of hydrogen-bond donors (Lipinski definition) is 0. The van der Waals surface area contributed by atoms with Crippen LogP contribution < -0.4 is 9.64 Å². The summed E-state index contributed by atoms with van der Waals surface area (Å²) in [7, 11) is 3.70. The van der Waals surface area contributed by atoms with Crippen molar-refractivity contribution in [2.75, 3.05) is 32.2 Å². The Morgan fingerprint density at radius 2 is 2.14 bits per heavy atom. The number of anilines is 1. The highest BCUT2D eigenvalue weighted by atomic mass is 16.5. The minimum Gasteiger partial charge on any atom is -0.497 e. The number of Topliss-reactive ketones (excluding diaryl/α,β-unsaturated/α-hetero) is 1. The number of ketones is 1. The van der Waals surface area contributed by atoms with E-state index in [2.05, 4.69) is 25.1 Å². The van der Waals surface area contributed by atoms with Crippen LogP contribution >= 0.6 is 0 Å². The van der Waals surface area contributed by atoms with E-state index in [4.69, 9.17) is 9.47 Å². The third-order valence-corrected chi connectivity index (χ3v) is 7.56. The minimum absolute atomic E-state index is 0.00764. The van der Waals surface area contributed by atoms with Crippen LogP contribution in [0.2, 0.25) is 0 Å². The molecule has 0 unspecified atom stereocenters. The van der Waals surface area contributed by atoms with Crippen molar-refractivity contribution in [3.8, 4) is 5.75 Å². The van der Waals surface area contributed by atoms with Crippen molar-refractivity contribution in [2.24, 2.45) is 11.8 Å². The van der Waals surface area contributed by atoms with E-state index in [1.807, 2.05) is 23.1 Å². The summed E-state index contributed by atoms with van der Waals surface area (Å²) in [6, 6.07) is 5.58. The summed E-state index contributed by atoms with van der Waals surface area (Å²) < 4.78 is 11.7. The lowest BCUT2D eigenvalue weighted by Gasteiger charge is -2.51. The number of rotatable bonds is 1. The predicted molar refractivity (Wildman–Crippen MR) is 109 cm³/mol. The summed E-state index contributed by atoms with van der Waals surface area (Å²) in [5.74, 6) is 1.16. The molecule has 1 amide bonds. The van der Waals surface area contributed by atoms with E-state index in [1.165, 1.54) is 5.57 Å². The molecule has 4 bridgehead atoms. The summed E-state index contributed by atoms with van der Waals surface area (Å²) in [6.07, 6.45) is 3.36. The highest BCUT2D eigenvalue weighted by molar-refractivity contribution is 6.04. The lowest BCUT2D eigenvalue weighted by Crippen LogP contribution is -2.63. The van der Waals surface area contributed by atoms with Crippen molar-refractivity contribution in [3.63, 3.8) is 0 Å². The number of carbonyl (C=O) groups excluding carboxylic acids is 2. The molecule has 1 aromatic carbocycles. The van der Waals surface area contributed by atoms with Crippen LogP contribution in [-0.4, -0.2) is 56.0 Å². The standard InChI is InChI=1S/C23H28N2O4/c1-13-17-11-24(3)8-7-23-19-9-15(28-4)5-6-20(19)25(14(2)26)22(23)18(12-29-13)16(17)10-21(23)27/h5-6,9,11,13,16,18,22H,7-8,10,12H2,1-4H3/t13-,16+,18-,22+,23-/m1/s1. The van der Waals surface area contributed by atoms with Crippen LogP contribution in [0.1, 0.15) is 32.3 Å². The highest BCUT2D eigenvalue weighted by Crippen LogP contribution is 2.58. The Labute approximate surface area is 171 Å². The normalized spacial score (nSPS) is 35.3. The summed E-state index contributed by atoms with van der Waals surface area (Å²) >= 11 is 0. The molecule has 6 nitrogen and oxygen atoms in total. The number of ether oxygens (including phenoxy) is 2. The van der Waals surface area contributed by atoms with Crippen LogP contribution in [-0.2, 0) is 19.7 Å². The molecule has 0 radical (unpaired) electrons. The Morgan fingerprint density at radius 1 is 1.34 bits per heavy atom. The van der Waals surface area contributed by atoms with Crippen LogP contribution in [0.25, 0.3) is 0 Å². The van der Waals surface area contributed by atoms with Crippen LogP contribution in [0, 0.1) is 11.8 Å². The minimum atomic E-state index is -0.710.